The number of nitrogens with one attached hydrogen (secondary N) is 1. The van der Waals surface area contributed by atoms with Gasteiger partial charge >= 0.3 is 12.3 Å². The number of rotatable bonds is 4. The Hall–Kier alpha value is -3.67. The van der Waals surface area contributed by atoms with Crippen LogP contribution in [0.4, 0.5) is 29.5 Å². The number of halogens is 4. The van der Waals surface area contributed by atoms with Crippen LogP contribution in [0.1, 0.15) is 16.7 Å². The molecule has 0 saturated heterocycles. The van der Waals surface area contributed by atoms with E-state index in [0.29, 0.717) is 17.1 Å². The molecule has 0 aliphatic carbocycles. The van der Waals surface area contributed by atoms with Gasteiger partial charge in [-0.05, 0) is 30.7 Å². The van der Waals surface area contributed by atoms with Crippen LogP contribution >= 0.6 is 11.6 Å². The van der Waals surface area contributed by atoms with Crippen molar-refractivity contribution in [2.45, 2.75) is 13.1 Å². The van der Waals surface area contributed by atoms with Crippen molar-refractivity contribution in [2.75, 3.05) is 37.9 Å². The first-order chi connectivity index (χ1) is 16.0. The van der Waals surface area contributed by atoms with Crippen LogP contribution in [0.5, 0.6) is 5.75 Å². The molecule has 4 rings (SSSR count). The van der Waals surface area contributed by atoms with E-state index < -0.39 is 17.8 Å². The van der Waals surface area contributed by atoms with Crippen LogP contribution in [0.15, 0.2) is 34.6 Å². The number of hydrogen-bond donors (Lipinski definition) is 3. The maximum Gasteiger partial charge on any atom is 0.418 e. The van der Waals surface area contributed by atoms with Crippen molar-refractivity contribution in [3.63, 3.8) is 0 Å². The van der Waals surface area contributed by atoms with Crippen molar-refractivity contribution < 1.29 is 27.8 Å². The molecule has 4 N–H and O–H groups in total. The number of benzene rings is 1. The number of ether oxygens (including phenoxy) is 1. The molecule has 1 amide bonds. The van der Waals surface area contributed by atoms with Crippen molar-refractivity contribution in [2.24, 2.45) is 4.99 Å². The molecule has 0 saturated carbocycles. The van der Waals surface area contributed by atoms with E-state index in [9.17, 15) is 18.0 Å². The van der Waals surface area contributed by atoms with E-state index in [0.717, 1.165) is 4.90 Å². The van der Waals surface area contributed by atoms with E-state index in [1.807, 2.05) is 0 Å². The number of aryl methyl sites for hydroxylation is 1. The van der Waals surface area contributed by atoms with Crippen LogP contribution in [-0.4, -0.2) is 58.6 Å². The largest absolute Gasteiger partial charge is 0.465 e. The molecule has 1 aromatic heterocycles. The van der Waals surface area contributed by atoms with Gasteiger partial charge in [-0.25, -0.2) is 14.8 Å². The Morgan fingerprint density at radius 3 is 2.79 bits per heavy atom. The topological polar surface area (TPSA) is 116 Å². The minimum Gasteiger partial charge on any atom is -0.465 e. The van der Waals surface area contributed by atoms with Gasteiger partial charge in [0.15, 0.2) is 0 Å². The number of hydrogen-bond acceptors (Lipinski definition) is 7. The third kappa shape index (κ3) is 4.28. The molecule has 0 radical (unpaired) electrons. The number of likely N-dealkylation sites (N-methyl/N-ethyl adjacent to an activating group) is 1. The number of nitrogens with two attached hydrogens (primary N) is 1. The van der Waals surface area contributed by atoms with Gasteiger partial charge in [0.1, 0.15) is 35.5 Å². The Labute approximate surface area is 197 Å². The molecule has 2 aliphatic heterocycles. The summed E-state index contributed by atoms with van der Waals surface area (Å²) in [5.41, 5.74) is 5.60. The van der Waals surface area contributed by atoms with Gasteiger partial charge in [0.05, 0.1) is 22.5 Å². The number of amides is 1. The SMILES string of the molecule is Cc1cc(N)nc(-c2cc3c4c(c2)OC=C(Cl)N(CCN(C)C(=O)O)C4=NCN3)c1C(F)(F)F. The van der Waals surface area contributed by atoms with Gasteiger partial charge in [-0.3, -0.25) is 0 Å². The first kappa shape index (κ1) is 23.5. The number of aromatic nitrogens is 1. The predicted octanol–water partition coefficient (Wildman–Crippen LogP) is 4.13. The summed E-state index contributed by atoms with van der Waals surface area (Å²) < 4.78 is 47.3. The number of carboxylic acid groups (broad SMARTS) is 1. The summed E-state index contributed by atoms with van der Waals surface area (Å²) in [7, 11) is 1.42. The molecular weight excluding hydrogens is 477 g/mol. The summed E-state index contributed by atoms with van der Waals surface area (Å²) in [4.78, 5) is 22.3. The fourth-order valence-corrected chi connectivity index (χ4v) is 4.02. The number of carbonyl (C=O) groups is 1. The van der Waals surface area contributed by atoms with Crippen LogP contribution in [0.3, 0.4) is 0 Å². The summed E-state index contributed by atoms with van der Waals surface area (Å²) in [6.07, 6.45) is -4.53. The molecule has 0 fully saturated rings. The predicted molar refractivity (Wildman–Crippen MR) is 121 cm³/mol. The molecule has 180 valence electrons. The fraction of sp³-hybridized carbons (Fsp3) is 0.286. The standard InChI is InChI=1S/C21H20ClF3N6O3/c1-10-5-15(26)29-18(17(10)21(23,24)25)11-6-12-16-13(7-11)34-8-14(22)31(19(16)28-9-27-12)4-3-30(2)20(32)33/h5-8,27H,3-4,9H2,1-2H3,(H2,26,29)(H,32,33). The summed E-state index contributed by atoms with van der Waals surface area (Å²) in [5.74, 6) is 0.568. The normalized spacial score (nSPS) is 14.8. The summed E-state index contributed by atoms with van der Waals surface area (Å²) in [5, 5.41) is 12.3. The second kappa shape index (κ2) is 8.60. The maximum atomic E-state index is 13.9. The monoisotopic (exact) mass is 496 g/mol. The molecule has 2 aliphatic rings. The summed E-state index contributed by atoms with van der Waals surface area (Å²) >= 11 is 6.39. The molecule has 2 aromatic rings. The van der Waals surface area contributed by atoms with Crippen LogP contribution in [0.25, 0.3) is 11.3 Å². The lowest BCUT2D eigenvalue weighted by molar-refractivity contribution is -0.137. The zero-order valence-corrected chi connectivity index (χ0v) is 18.8. The molecule has 13 heteroatoms. The number of nitrogen functional groups attached to an aromatic ring is 1. The Bertz CT molecular complexity index is 1230. The van der Waals surface area contributed by atoms with Crippen molar-refractivity contribution >= 4 is 35.0 Å². The highest BCUT2D eigenvalue weighted by atomic mass is 35.5. The summed E-state index contributed by atoms with van der Waals surface area (Å²) in [6, 6.07) is 4.12. The number of anilines is 2. The highest BCUT2D eigenvalue weighted by Crippen LogP contribution is 2.43. The van der Waals surface area contributed by atoms with Gasteiger partial charge in [0, 0.05) is 25.7 Å². The second-order valence-electron chi connectivity index (χ2n) is 7.71. The van der Waals surface area contributed by atoms with Gasteiger partial charge in [-0.15, -0.1) is 0 Å². The van der Waals surface area contributed by atoms with E-state index in [2.05, 4.69) is 15.3 Å². The molecule has 0 bridgehead atoms. The van der Waals surface area contributed by atoms with Crippen LogP contribution in [0, 0.1) is 6.92 Å². The lowest BCUT2D eigenvalue weighted by Gasteiger charge is -2.29. The molecule has 34 heavy (non-hydrogen) atoms. The number of nitrogens with zero attached hydrogens (tertiary/aromatic N) is 4. The average molecular weight is 497 g/mol. The highest BCUT2D eigenvalue weighted by molar-refractivity contribution is 6.31. The molecule has 0 unspecified atom stereocenters. The Morgan fingerprint density at radius 1 is 1.38 bits per heavy atom. The van der Waals surface area contributed by atoms with Gasteiger partial charge in [0.25, 0.3) is 0 Å². The number of alkyl halides is 3. The van der Waals surface area contributed by atoms with E-state index in [4.69, 9.17) is 27.2 Å². The van der Waals surface area contributed by atoms with Crippen molar-refractivity contribution in [3.05, 3.63) is 46.3 Å². The highest BCUT2D eigenvalue weighted by Gasteiger charge is 2.38. The number of pyridine rings is 1. The van der Waals surface area contributed by atoms with Crippen molar-refractivity contribution in [1.82, 2.24) is 14.8 Å². The van der Waals surface area contributed by atoms with Crippen LogP contribution in [-0.2, 0) is 6.18 Å². The number of aliphatic imine (C=N–C) groups is 1. The summed E-state index contributed by atoms with van der Waals surface area (Å²) in [6.45, 7) is 1.74. The van der Waals surface area contributed by atoms with Crippen molar-refractivity contribution in [3.8, 4) is 17.0 Å². The third-order valence-electron chi connectivity index (χ3n) is 5.40. The van der Waals surface area contributed by atoms with Gasteiger partial charge in [-0.1, -0.05) is 11.6 Å². The second-order valence-corrected chi connectivity index (χ2v) is 8.10. The molecule has 0 atom stereocenters. The minimum absolute atomic E-state index is 0.0446. The van der Waals surface area contributed by atoms with Crippen LogP contribution in [0.2, 0.25) is 0 Å². The van der Waals surface area contributed by atoms with E-state index in [1.54, 1.807) is 4.90 Å². The average Bonchev–Trinajstić information content (AvgIpc) is 2.88. The lowest BCUT2D eigenvalue weighted by atomic mass is 9.97. The van der Waals surface area contributed by atoms with E-state index in [1.165, 1.54) is 38.4 Å². The first-order valence-electron chi connectivity index (χ1n) is 10.0. The van der Waals surface area contributed by atoms with Gasteiger partial charge in [0.2, 0.25) is 0 Å². The molecular formula is C21H20ClF3N6O3. The Kier molecular flexibility index (Phi) is 5.94. The fourth-order valence-electron chi connectivity index (χ4n) is 3.81. The smallest absolute Gasteiger partial charge is 0.418 e. The van der Waals surface area contributed by atoms with Gasteiger partial charge < -0.3 is 30.7 Å². The van der Waals surface area contributed by atoms with E-state index >= 15 is 0 Å². The van der Waals surface area contributed by atoms with Gasteiger partial charge in [-0.2, -0.15) is 13.2 Å². The molecule has 0 spiro atoms. The minimum atomic E-state index is -4.65. The zero-order chi connectivity index (χ0) is 24.8. The first-order valence-corrected chi connectivity index (χ1v) is 10.4. The van der Waals surface area contributed by atoms with E-state index in [-0.39, 0.29) is 53.3 Å². The molecule has 9 nitrogen and oxygen atoms in total. The molecule has 1 aromatic carbocycles. The lowest BCUT2D eigenvalue weighted by Crippen LogP contribution is -2.39. The quantitative estimate of drug-likeness (QED) is 0.545. The number of amidine groups is 1. The van der Waals surface area contributed by atoms with Crippen LogP contribution < -0.4 is 15.8 Å². The maximum absolute atomic E-state index is 13.9. The molecule has 3 heterocycles. The third-order valence-corrected chi connectivity index (χ3v) is 5.69. The Balaban J connectivity index is 1.83. The Morgan fingerprint density at radius 2 is 2.12 bits per heavy atom. The van der Waals surface area contributed by atoms with Crippen molar-refractivity contribution in [1.29, 1.82) is 0 Å². The zero-order valence-electron chi connectivity index (χ0n) is 18.1.